The van der Waals surface area contributed by atoms with Crippen LogP contribution in [0.2, 0.25) is 0 Å². The van der Waals surface area contributed by atoms with Crippen LogP contribution in [-0.4, -0.2) is 34.1 Å². The third-order valence-electron chi connectivity index (χ3n) is 2.34. The third-order valence-corrected chi connectivity index (χ3v) is 5.98. The monoisotopic (exact) mass is 220 g/mol. The normalized spacial score (nSPS) is 51.5. The van der Waals surface area contributed by atoms with Crippen molar-refractivity contribution in [1.82, 2.24) is 0 Å². The second-order valence-electron chi connectivity index (χ2n) is 3.74. The molecule has 4 heteroatoms. The highest BCUT2D eigenvalue weighted by Crippen LogP contribution is 2.51. The van der Waals surface area contributed by atoms with Crippen LogP contribution in [0.4, 0.5) is 0 Å². The lowest BCUT2D eigenvalue weighted by Gasteiger charge is -2.39. The summed E-state index contributed by atoms with van der Waals surface area (Å²) in [5, 5.41) is 0. The summed E-state index contributed by atoms with van der Waals surface area (Å²) in [6.45, 7) is 6.38. The standard InChI is InChI=1S/C9H16O2S2/c1-6-4-12-9(8(3)10-6)11-7(2)5-13-9/h6-8H,4-5H2,1-3H3. The molecule has 4 atom stereocenters. The highest BCUT2D eigenvalue weighted by atomic mass is 32.2. The molecule has 4 unspecified atom stereocenters. The average Bonchev–Trinajstić information content (AvgIpc) is 2.43. The largest absolute Gasteiger partial charge is 0.370 e. The van der Waals surface area contributed by atoms with Gasteiger partial charge in [0.1, 0.15) is 6.10 Å². The fourth-order valence-corrected chi connectivity index (χ4v) is 4.56. The summed E-state index contributed by atoms with van der Waals surface area (Å²) in [6.07, 6.45) is 0.943. The van der Waals surface area contributed by atoms with E-state index in [1.54, 1.807) is 0 Å². The molecule has 0 bridgehead atoms. The summed E-state index contributed by atoms with van der Waals surface area (Å²) in [5.74, 6) is 2.14. The van der Waals surface area contributed by atoms with Crippen LogP contribution in [0.15, 0.2) is 0 Å². The van der Waals surface area contributed by atoms with E-state index in [9.17, 15) is 0 Å². The Bertz CT molecular complexity index is 200. The minimum absolute atomic E-state index is 0.105. The summed E-state index contributed by atoms with van der Waals surface area (Å²) in [5.41, 5.74) is 0. The van der Waals surface area contributed by atoms with Crippen molar-refractivity contribution in [3.63, 3.8) is 0 Å². The van der Waals surface area contributed by atoms with Gasteiger partial charge in [-0.3, -0.25) is 0 Å². The Hall–Kier alpha value is 0.620. The second kappa shape index (κ2) is 3.65. The van der Waals surface area contributed by atoms with Gasteiger partial charge in [0.05, 0.1) is 12.2 Å². The van der Waals surface area contributed by atoms with Crippen LogP contribution < -0.4 is 0 Å². The smallest absolute Gasteiger partial charge is 0.186 e. The fourth-order valence-electron chi connectivity index (χ4n) is 1.69. The summed E-state index contributed by atoms with van der Waals surface area (Å²) in [6, 6.07) is 0. The number of ether oxygens (including phenoxy) is 2. The first-order chi connectivity index (χ1) is 6.12. The van der Waals surface area contributed by atoms with Crippen molar-refractivity contribution in [1.29, 1.82) is 0 Å². The first-order valence-electron chi connectivity index (χ1n) is 4.73. The van der Waals surface area contributed by atoms with Gasteiger partial charge >= 0.3 is 0 Å². The maximum Gasteiger partial charge on any atom is 0.186 e. The van der Waals surface area contributed by atoms with Gasteiger partial charge in [0, 0.05) is 11.5 Å². The molecule has 0 aromatic carbocycles. The first kappa shape index (κ1) is 10.1. The molecule has 0 aromatic rings. The van der Waals surface area contributed by atoms with Gasteiger partial charge in [-0.15, -0.1) is 23.5 Å². The van der Waals surface area contributed by atoms with Crippen LogP contribution >= 0.6 is 23.5 Å². The summed E-state index contributed by atoms with van der Waals surface area (Å²) in [7, 11) is 0. The molecule has 76 valence electrons. The summed E-state index contributed by atoms with van der Waals surface area (Å²) < 4.78 is 11.7. The van der Waals surface area contributed by atoms with Crippen molar-refractivity contribution in [2.45, 2.75) is 43.3 Å². The molecule has 13 heavy (non-hydrogen) atoms. The van der Waals surface area contributed by atoms with E-state index in [0.717, 1.165) is 11.5 Å². The Kier molecular flexibility index (Phi) is 2.85. The second-order valence-corrected chi connectivity index (χ2v) is 6.46. The van der Waals surface area contributed by atoms with E-state index in [1.165, 1.54) is 0 Å². The van der Waals surface area contributed by atoms with E-state index in [-0.39, 0.29) is 10.4 Å². The minimum Gasteiger partial charge on any atom is -0.370 e. The molecular weight excluding hydrogens is 204 g/mol. The molecule has 2 fully saturated rings. The van der Waals surface area contributed by atoms with Gasteiger partial charge in [-0.05, 0) is 20.8 Å². The molecule has 2 aliphatic heterocycles. The average molecular weight is 220 g/mol. The molecular formula is C9H16O2S2. The van der Waals surface area contributed by atoms with Crippen molar-refractivity contribution >= 4 is 23.5 Å². The molecule has 2 heterocycles. The van der Waals surface area contributed by atoms with E-state index in [1.807, 2.05) is 23.5 Å². The highest BCUT2D eigenvalue weighted by molar-refractivity contribution is 8.18. The van der Waals surface area contributed by atoms with Crippen molar-refractivity contribution in [2.75, 3.05) is 11.5 Å². The van der Waals surface area contributed by atoms with E-state index in [4.69, 9.17) is 9.47 Å². The molecule has 2 rings (SSSR count). The number of thioether (sulfide) groups is 2. The molecule has 2 aliphatic rings. The number of rotatable bonds is 0. The fraction of sp³-hybridized carbons (Fsp3) is 1.00. The molecule has 1 spiro atoms. The lowest BCUT2D eigenvalue weighted by atomic mass is 10.3. The van der Waals surface area contributed by atoms with Gasteiger partial charge < -0.3 is 9.47 Å². The van der Waals surface area contributed by atoms with Gasteiger partial charge in [0.15, 0.2) is 4.27 Å². The molecule has 0 saturated carbocycles. The maximum atomic E-state index is 5.95. The molecule has 2 nitrogen and oxygen atoms in total. The van der Waals surface area contributed by atoms with E-state index < -0.39 is 0 Å². The van der Waals surface area contributed by atoms with Crippen LogP contribution in [0.5, 0.6) is 0 Å². The third kappa shape index (κ3) is 1.87. The maximum absolute atomic E-state index is 5.95. The predicted molar refractivity (Wildman–Crippen MR) is 58.2 cm³/mol. The summed E-state index contributed by atoms with van der Waals surface area (Å²) >= 11 is 3.81. The Morgan fingerprint density at radius 1 is 1.08 bits per heavy atom. The van der Waals surface area contributed by atoms with Crippen molar-refractivity contribution in [3.8, 4) is 0 Å². The van der Waals surface area contributed by atoms with Gasteiger partial charge in [0.2, 0.25) is 0 Å². The predicted octanol–water partition coefficient (Wildman–Crippen LogP) is 2.33. The van der Waals surface area contributed by atoms with Crippen molar-refractivity contribution < 1.29 is 9.47 Å². The molecule has 0 radical (unpaired) electrons. The Morgan fingerprint density at radius 2 is 1.69 bits per heavy atom. The topological polar surface area (TPSA) is 18.5 Å². The Morgan fingerprint density at radius 3 is 2.15 bits per heavy atom. The quantitative estimate of drug-likeness (QED) is 0.623. The molecule has 0 aromatic heterocycles. The van der Waals surface area contributed by atoms with Gasteiger partial charge in [-0.2, -0.15) is 0 Å². The van der Waals surface area contributed by atoms with E-state index >= 15 is 0 Å². The summed E-state index contributed by atoms with van der Waals surface area (Å²) in [4.78, 5) is 0. The van der Waals surface area contributed by atoms with E-state index in [0.29, 0.717) is 12.2 Å². The zero-order valence-electron chi connectivity index (χ0n) is 8.28. The highest BCUT2D eigenvalue weighted by Gasteiger charge is 2.48. The van der Waals surface area contributed by atoms with E-state index in [2.05, 4.69) is 20.8 Å². The molecule has 0 N–H and O–H groups in total. The SMILES string of the molecule is CC1CSC2(OC(C)CS2)C(C)O1. The Balaban J connectivity index is 2.06. The van der Waals surface area contributed by atoms with Crippen LogP contribution in [-0.2, 0) is 9.47 Å². The lowest BCUT2D eigenvalue weighted by Crippen LogP contribution is -2.44. The van der Waals surface area contributed by atoms with Crippen molar-refractivity contribution in [3.05, 3.63) is 0 Å². The zero-order valence-corrected chi connectivity index (χ0v) is 9.91. The number of hydrogen-bond donors (Lipinski definition) is 0. The lowest BCUT2D eigenvalue weighted by molar-refractivity contribution is -0.0790. The van der Waals surface area contributed by atoms with Gasteiger partial charge in [-0.25, -0.2) is 0 Å². The van der Waals surface area contributed by atoms with Crippen molar-refractivity contribution in [2.24, 2.45) is 0 Å². The van der Waals surface area contributed by atoms with Crippen LogP contribution in [0.1, 0.15) is 20.8 Å². The van der Waals surface area contributed by atoms with Gasteiger partial charge in [-0.1, -0.05) is 0 Å². The minimum atomic E-state index is -0.105. The Labute approximate surface area is 88.1 Å². The molecule has 2 saturated heterocycles. The van der Waals surface area contributed by atoms with Gasteiger partial charge in [0.25, 0.3) is 0 Å². The van der Waals surface area contributed by atoms with Crippen LogP contribution in [0.25, 0.3) is 0 Å². The molecule has 0 aliphatic carbocycles. The zero-order chi connectivity index (χ0) is 9.47. The molecule has 0 amide bonds. The van der Waals surface area contributed by atoms with Crippen LogP contribution in [0, 0.1) is 0 Å². The van der Waals surface area contributed by atoms with Crippen LogP contribution in [0.3, 0.4) is 0 Å². The number of hydrogen-bond acceptors (Lipinski definition) is 4. The first-order valence-corrected chi connectivity index (χ1v) is 6.71.